The highest BCUT2D eigenvalue weighted by Crippen LogP contribution is 2.23. The van der Waals surface area contributed by atoms with Gasteiger partial charge in [-0.05, 0) is 49.5 Å². The van der Waals surface area contributed by atoms with Gasteiger partial charge < -0.3 is 0 Å². The molecule has 2 rings (SSSR count). The lowest BCUT2D eigenvalue weighted by Gasteiger charge is -2.06. The lowest BCUT2D eigenvalue weighted by molar-refractivity contribution is 0.564. The lowest BCUT2D eigenvalue weighted by Crippen LogP contribution is -1.91. The number of rotatable bonds is 4. The molecule has 0 aromatic heterocycles. The number of aliphatic imine (C=N–C) groups is 2. The van der Waals surface area contributed by atoms with E-state index in [1.807, 2.05) is 30.4 Å². The first kappa shape index (κ1) is 13.9. The Bertz CT molecular complexity index is 646. The van der Waals surface area contributed by atoms with Gasteiger partial charge in [-0.3, -0.25) is 0 Å². The van der Waals surface area contributed by atoms with Gasteiger partial charge in [-0.2, -0.15) is 9.98 Å². The molecule has 1 aliphatic carbocycles. The van der Waals surface area contributed by atoms with Crippen molar-refractivity contribution < 1.29 is 9.59 Å². The first-order chi connectivity index (χ1) is 9.81. The molecule has 0 amide bonds. The zero-order valence-electron chi connectivity index (χ0n) is 11.0. The minimum absolute atomic E-state index is 0.605. The molecule has 20 heavy (non-hydrogen) atoms. The molecule has 1 aromatic carbocycles. The third-order valence-electron chi connectivity index (χ3n) is 3.10. The van der Waals surface area contributed by atoms with Gasteiger partial charge in [0.15, 0.2) is 0 Å². The van der Waals surface area contributed by atoms with E-state index in [0.29, 0.717) is 11.4 Å². The molecule has 0 atom stereocenters. The number of isocyanates is 2. The largest absolute Gasteiger partial charge is 0.240 e. The fourth-order valence-electron chi connectivity index (χ4n) is 2.24. The van der Waals surface area contributed by atoms with Gasteiger partial charge in [-0.1, -0.05) is 23.8 Å². The highest BCUT2D eigenvalue weighted by atomic mass is 16.1. The van der Waals surface area contributed by atoms with E-state index in [1.165, 1.54) is 5.57 Å². The monoisotopic (exact) mass is 266 g/mol. The number of allylic oxidation sites excluding steroid dienone is 3. The second-order valence-electron chi connectivity index (χ2n) is 4.58. The van der Waals surface area contributed by atoms with Crippen molar-refractivity contribution in [3.63, 3.8) is 0 Å². The molecule has 0 saturated heterocycles. The maximum atomic E-state index is 10.4. The van der Waals surface area contributed by atoms with Gasteiger partial charge in [0.05, 0.1) is 11.4 Å². The van der Waals surface area contributed by atoms with Gasteiger partial charge in [-0.15, -0.1) is 0 Å². The molecule has 0 bridgehead atoms. The molecule has 0 radical (unpaired) electrons. The summed E-state index contributed by atoms with van der Waals surface area (Å²) in [4.78, 5) is 27.9. The lowest BCUT2D eigenvalue weighted by atomic mass is 10.0. The van der Waals surface area contributed by atoms with E-state index < -0.39 is 0 Å². The normalized spacial score (nSPS) is 14.2. The van der Waals surface area contributed by atoms with Crippen molar-refractivity contribution in [3.8, 4) is 0 Å². The summed E-state index contributed by atoms with van der Waals surface area (Å²) in [6.07, 6.45) is 10.7. The summed E-state index contributed by atoms with van der Waals surface area (Å²) >= 11 is 0. The third-order valence-corrected chi connectivity index (χ3v) is 3.10. The third kappa shape index (κ3) is 3.99. The van der Waals surface area contributed by atoms with Gasteiger partial charge in [0.1, 0.15) is 0 Å². The van der Waals surface area contributed by atoms with Crippen LogP contribution in [0.4, 0.5) is 5.69 Å². The van der Waals surface area contributed by atoms with E-state index in [9.17, 15) is 9.59 Å². The molecular weight excluding hydrogens is 252 g/mol. The second kappa shape index (κ2) is 7.15. The van der Waals surface area contributed by atoms with Crippen molar-refractivity contribution >= 4 is 17.8 Å². The molecule has 1 aliphatic rings. The van der Waals surface area contributed by atoms with Crippen molar-refractivity contribution in [1.29, 1.82) is 0 Å². The zero-order valence-corrected chi connectivity index (χ0v) is 11.0. The SMILES string of the molecule is O=C=NC1=CCCCC(Cc2cccc(N=C=O)c2)=C1. The summed E-state index contributed by atoms with van der Waals surface area (Å²) in [6, 6.07) is 7.48. The number of hydrogen-bond donors (Lipinski definition) is 0. The van der Waals surface area contributed by atoms with E-state index in [2.05, 4.69) is 9.98 Å². The summed E-state index contributed by atoms with van der Waals surface area (Å²) in [5, 5.41) is 0. The van der Waals surface area contributed by atoms with Crippen LogP contribution in [0.3, 0.4) is 0 Å². The van der Waals surface area contributed by atoms with Crippen molar-refractivity contribution in [3.05, 3.63) is 53.3 Å². The Morgan fingerprint density at radius 2 is 2.00 bits per heavy atom. The molecule has 0 saturated carbocycles. The van der Waals surface area contributed by atoms with Crippen LogP contribution >= 0.6 is 0 Å². The van der Waals surface area contributed by atoms with Crippen LogP contribution in [0.25, 0.3) is 0 Å². The van der Waals surface area contributed by atoms with Crippen molar-refractivity contribution in [1.82, 2.24) is 0 Å². The van der Waals surface area contributed by atoms with Crippen LogP contribution < -0.4 is 0 Å². The van der Waals surface area contributed by atoms with Crippen LogP contribution in [0.15, 0.2) is 57.7 Å². The zero-order chi connectivity index (χ0) is 14.2. The standard InChI is InChI=1S/C16H14N2O2/c19-11-17-15-6-2-1-4-13(9-15)8-14-5-3-7-16(10-14)18-12-20/h3,5-7,9-10H,1-2,4,8H2. The van der Waals surface area contributed by atoms with Crippen LogP contribution in [-0.2, 0) is 16.0 Å². The maximum absolute atomic E-state index is 10.4. The van der Waals surface area contributed by atoms with E-state index in [4.69, 9.17) is 0 Å². The number of hydrogen-bond acceptors (Lipinski definition) is 4. The Hall–Kier alpha value is -2.54. The first-order valence-electron chi connectivity index (χ1n) is 6.46. The number of benzene rings is 1. The Kier molecular flexibility index (Phi) is 4.96. The quantitative estimate of drug-likeness (QED) is 0.618. The topological polar surface area (TPSA) is 58.9 Å². The van der Waals surface area contributed by atoms with E-state index in [0.717, 1.165) is 31.2 Å². The van der Waals surface area contributed by atoms with Gasteiger partial charge in [-0.25, -0.2) is 9.59 Å². The van der Waals surface area contributed by atoms with E-state index >= 15 is 0 Å². The van der Waals surface area contributed by atoms with Crippen molar-refractivity contribution in [2.24, 2.45) is 9.98 Å². The first-order valence-corrected chi connectivity index (χ1v) is 6.46. The Balaban J connectivity index is 2.20. The molecule has 4 nitrogen and oxygen atoms in total. The average Bonchev–Trinajstić information content (AvgIpc) is 2.65. The molecule has 0 unspecified atom stereocenters. The Morgan fingerprint density at radius 1 is 1.15 bits per heavy atom. The predicted molar refractivity (Wildman–Crippen MR) is 76.1 cm³/mol. The number of nitrogens with zero attached hydrogens (tertiary/aromatic N) is 2. The minimum atomic E-state index is 0.605. The van der Waals surface area contributed by atoms with Crippen LogP contribution in [-0.4, -0.2) is 12.2 Å². The Labute approximate surface area is 117 Å². The molecular formula is C16H14N2O2. The van der Waals surface area contributed by atoms with Crippen LogP contribution in [0.5, 0.6) is 0 Å². The summed E-state index contributed by atoms with van der Waals surface area (Å²) in [6.45, 7) is 0. The fraction of sp³-hybridized carbons (Fsp3) is 0.250. The average molecular weight is 266 g/mol. The van der Waals surface area contributed by atoms with E-state index in [-0.39, 0.29) is 0 Å². The van der Waals surface area contributed by atoms with Gasteiger partial charge in [0.25, 0.3) is 0 Å². The van der Waals surface area contributed by atoms with Gasteiger partial charge in [0.2, 0.25) is 12.2 Å². The van der Waals surface area contributed by atoms with Crippen LogP contribution in [0.1, 0.15) is 24.8 Å². The number of carbonyl (C=O) groups excluding carboxylic acids is 2. The van der Waals surface area contributed by atoms with Crippen molar-refractivity contribution in [2.75, 3.05) is 0 Å². The Morgan fingerprint density at radius 3 is 2.80 bits per heavy atom. The highest BCUT2D eigenvalue weighted by Gasteiger charge is 2.06. The van der Waals surface area contributed by atoms with E-state index in [1.54, 1.807) is 18.2 Å². The molecule has 4 heteroatoms. The summed E-state index contributed by atoms with van der Waals surface area (Å²) in [5.41, 5.74) is 3.56. The maximum Gasteiger partial charge on any atom is 0.240 e. The van der Waals surface area contributed by atoms with Crippen LogP contribution in [0, 0.1) is 0 Å². The van der Waals surface area contributed by atoms with Gasteiger partial charge >= 0.3 is 0 Å². The summed E-state index contributed by atoms with van der Waals surface area (Å²) < 4.78 is 0. The van der Waals surface area contributed by atoms with Crippen LogP contribution in [0.2, 0.25) is 0 Å². The highest BCUT2D eigenvalue weighted by molar-refractivity contribution is 5.50. The molecule has 0 heterocycles. The molecule has 0 fully saturated rings. The smallest absolute Gasteiger partial charge is 0.211 e. The molecule has 0 aliphatic heterocycles. The summed E-state index contributed by atoms with van der Waals surface area (Å²) in [7, 11) is 0. The predicted octanol–water partition coefficient (Wildman–Crippen LogP) is 3.53. The molecule has 100 valence electrons. The minimum Gasteiger partial charge on any atom is -0.211 e. The second-order valence-corrected chi connectivity index (χ2v) is 4.58. The molecule has 0 N–H and O–H groups in total. The van der Waals surface area contributed by atoms with Crippen molar-refractivity contribution in [2.45, 2.75) is 25.7 Å². The molecule has 1 aromatic rings. The summed E-state index contributed by atoms with van der Waals surface area (Å²) in [5.74, 6) is 0. The van der Waals surface area contributed by atoms with Gasteiger partial charge in [0, 0.05) is 0 Å². The fourth-order valence-corrected chi connectivity index (χ4v) is 2.24. The molecule has 0 spiro atoms.